The first-order valence-corrected chi connectivity index (χ1v) is 29.4. The smallest absolute Gasteiger partial charge is 0.0541 e. The number of hydrogen-bond donors (Lipinski definition) is 0. The van der Waals surface area contributed by atoms with Gasteiger partial charge >= 0.3 is 0 Å². The molecule has 0 aliphatic heterocycles. The minimum atomic E-state index is 0.986. The molecule has 17 rings (SSSR count). The molecule has 0 spiro atoms. The molecule has 14 aromatic carbocycles. The molecule has 5 nitrogen and oxygen atoms in total. The third kappa shape index (κ3) is 8.36. The maximum Gasteiger partial charge on any atom is 0.0541 e. The molecule has 0 aliphatic carbocycles. The van der Waals surface area contributed by atoms with Crippen LogP contribution in [-0.2, 0) is 0 Å². The Bertz CT molecular complexity index is 4960. The van der Waals surface area contributed by atoms with Crippen LogP contribution >= 0.6 is 0 Å². The fourth-order valence-electron chi connectivity index (χ4n) is 13.4. The van der Waals surface area contributed by atoms with Gasteiger partial charge in [-0.15, -0.1) is 0 Å². The van der Waals surface area contributed by atoms with E-state index in [-0.39, 0.29) is 0 Å². The van der Waals surface area contributed by atoms with Crippen LogP contribution in [-0.4, -0.2) is 14.1 Å². The lowest BCUT2D eigenvalue weighted by Crippen LogP contribution is -2.14. The normalized spacial score (nSPS) is 11.7. The van der Waals surface area contributed by atoms with E-state index in [4.69, 9.17) is 4.98 Å². The second kappa shape index (κ2) is 20.1. The van der Waals surface area contributed by atoms with Gasteiger partial charge in [-0.2, -0.15) is 0 Å². The van der Waals surface area contributed by atoms with Crippen LogP contribution in [0.5, 0.6) is 0 Å². The van der Waals surface area contributed by atoms with Crippen LogP contribution in [0.2, 0.25) is 0 Å². The highest BCUT2D eigenvalue weighted by molar-refractivity contribution is 6.11. The molecule has 0 saturated carbocycles. The minimum absolute atomic E-state index is 0.986. The van der Waals surface area contributed by atoms with Crippen molar-refractivity contribution in [3.05, 3.63) is 322 Å². The summed E-state index contributed by atoms with van der Waals surface area (Å²) >= 11 is 0. The average Bonchev–Trinajstić information content (AvgIpc) is 2.28. The average molecular weight is 1100 g/mol. The molecule has 0 atom stereocenters. The molecule has 17 aromatic rings. The van der Waals surface area contributed by atoms with E-state index in [1.807, 2.05) is 12.4 Å². The van der Waals surface area contributed by atoms with Crippen LogP contribution < -0.4 is 9.80 Å². The molecule has 0 N–H and O–H groups in total. The van der Waals surface area contributed by atoms with E-state index in [2.05, 4.69) is 328 Å². The van der Waals surface area contributed by atoms with Gasteiger partial charge in [0.05, 0.1) is 22.1 Å². The lowest BCUT2D eigenvalue weighted by atomic mass is 9.98. The van der Waals surface area contributed by atoms with E-state index < -0.39 is 0 Å². The second-order valence-corrected chi connectivity index (χ2v) is 22.5. The highest BCUT2D eigenvalue weighted by Crippen LogP contribution is 2.46. The molecule has 0 bridgehead atoms. The molecule has 3 heterocycles. The molecule has 0 radical (unpaired) electrons. The third-order valence-corrected chi connectivity index (χ3v) is 17.4. The third-order valence-electron chi connectivity index (χ3n) is 17.4. The predicted octanol–water partition coefficient (Wildman–Crippen LogP) is 22.2. The molecule has 0 unspecified atom stereocenters. The maximum absolute atomic E-state index is 5.20. The fraction of sp³-hybridized carbons (Fsp3) is 0. The Labute approximate surface area is 497 Å². The summed E-state index contributed by atoms with van der Waals surface area (Å²) in [4.78, 5) is 10.1. The summed E-state index contributed by atoms with van der Waals surface area (Å²) in [6, 6.07) is 113. The van der Waals surface area contributed by atoms with Gasteiger partial charge in [0.1, 0.15) is 0 Å². The van der Waals surface area contributed by atoms with Crippen molar-refractivity contribution in [2.75, 3.05) is 9.80 Å². The summed E-state index contributed by atoms with van der Waals surface area (Å²) in [5.41, 5.74) is 17.0. The van der Waals surface area contributed by atoms with E-state index in [9.17, 15) is 0 Å². The molecule has 0 fully saturated rings. The van der Waals surface area contributed by atoms with E-state index in [0.29, 0.717) is 0 Å². The summed E-state index contributed by atoms with van der Waals surface area (Å²) in [7, 11) is 0. The number of hydrogen-bond acceptors (Lipinski definition) is 3. The van der Waals surface area contributed by atoms with Crippen LogP contribution in [0.4, 0.5) is 34.1 Å². The molecule has 86 heavy (non-hydrogen) atoms. The Morgan fingerprint density at radius 2 is 0.500 bits per heavy atom. The lowest BCUT2D eigenvalue weighted by molar-refractivity contribution is 1.13. The maximum atomic E-state index is 5.20. The zero-order valence-electron chi connectivity index (χ0n) is 46.8. The van der Waals surface area contributed by atoms with E-state index in [1.54, 1.807) is 0 Å². The molecule has 402 valence electrons. The van der Waals surface area contributed by atoms with E-state index in [1.165, 1.54) is 64.6 Å². The van der Waals surface area contributed by atoms with Gasteiger partial charge in [0, 0.05) is 90.6 Å². The van der Waals surface area contributed by atoms with Gasteiger partial charge in [-0.1, -0.05) is 194 Å². The topological polar surface area (TPSA) is 29.2 Å². The highest BCUT2D eigenvalue weighted by Gasteiger charge is 2.23. The van der Waals surface area contributed by atoms with Crippen molar-refractivity contribution in [2.45, 2.75) is 0 Å². The summed E-state index contributed by atoms with van der Waals surface area (Å²) in [6.45, 7) is 0. The Morgan fingerprint density at radius 3 is 0.837 bits per heavy atom. The number of fused-ring (bicyclic) bond motifs is 10. The van der Waals surface area contributed by atoms with Crippen LogP contribution in [0.15, 0.2) is 322 Å². The van der Waals surface area contributed by atoms with Gasteiger partial charge < -0.3 is 18.9 Å². The number of pyridine rings is 1. The monoisotopic (exact) mass is 1100 g/mol. The number of anilines is 6. The van der Waals surface area contributed by atoms with Gasteiger partial charge in [0.15, 0.2) is 0 Å². The van der Waals surface area contributed by atoms with Gasteiger partial charge in [-0.25, -0.2) is 0 Å². The zero-order chi connectivity index (χ0) is 56.7. The number of rotatable bonds is 10. The van der Waals surface area contributed by atoms with Crippen molar-refractivity contribution in [3.8, 4) is 33.6 Å². The van der Waals surface area contributed by atoms with Gasteiger partial charge in [0.2, 0.25) is 0 Å². The van der Waals surface area contributed by atoms with Gasteiger partial charge in [-0.05, 0) is 169 Å². The fourth-order valence-corrected chi connectivity index (χ4v) is 13.4. The van der Waals surface area contributed by atoms with Crippen molar-refractivity contribution in [3.63, 3.8) is 0 Å². The standard InChI is InChI=1S/C81H53N5/c1-5-21-58-42-66(37-33-54(58)17-1)83(67-38-34-55-18-2-6-22-59(55)43-67)70-46-62(47-71(50-70)84(68-39-35-56-19-3-7-23-60(56)44-68)69-40-36-57-20-4-8-24-61(57)45-69)64-41-65(53-82-52-64)63-48-72(85-78-29-13-9-25-74(78)75-26-10-14-30-79(75)85)51-73(49-63)86-80-31-15-11-27-76(80)77-28-12-16-32-81(77)86/h1-53H. The van der Waals surface area contributed by atoms with Gasteiger partial charge in [0.25, 0.3) is 0 Å². The predicted molar refractivity (Wildman–Crippen MR) is 363 cm³/mol. The van der Waals surface area contributed by atoms with Crippen LogP contribution in [0.3, 0.4) is 0 Å². The Hall–Kier alpha value is -11.5. The Balaban J connectivity index is 0.922. The summed E-state index contributed by atoms with van der Waals surface area (Å²) in [6.07, 6.45) is 4.06. The quantitative estimate of drug-likeness (QED) is 0.137. The van der Waals surface area contributed by atoms with E-state index >= 15 is 0 Å². The molecule has 0 amide bonds. The van der Waals surface area contributed by atoms with Crippen LogP contribution in [0.25, 0.3) is 120 Å². The first kappa shape index (κ1) is 49.1. The van der Waals surface area contributed by atoms with Crippen molar-refractivity contribution in [1.29, 1.82) is 0 Å². The van der Waals surface area contributed by atoms with Crippen molar-refractivity contribution < 1.29 is 0 Å². The largest absolute Gasteiger partial charge is 0.310 e. The number of para-hydroxylation sites is 4. The molecular weight excluding hydrogens is 1040 g/mol. The lowest BCUT2D eigenvalue weighted by Gasteiger charge is -2.31. The molecule has 5 heteroatoms. The van der Waals surface area contributed by atoms with Crippen molar-refractivity contribution in [1.82, 2.24) is 14.1 Å². The SMILES string of the molecule is c1ccc2cc(N(c3cc(-c4cncc(-c5cc(-n6c7ccccc7c7ccccc76)cc(-n6c7ccccc7c7ccccc76)c5)c4)cc(N(c4ccc5ccccc5c4)c4ccc5ccccc5c4)c3)c3ccc4ccccc4c3)ccc2c1. The van der Waals surface area contributed by atoms with Crippen LogP contribution in [0.1, 0.15) is 0 Å². The second-order valence-electron chi connectivity index (χ2n) is 22.5. The zero-order valence-corrected chi connectivity index (χ0v) is 46.8. The molecular formula is C81H53N5. The Kier molecular flexibility index (Phi) is 11.5. The van der Waals surface area contributed by atoms with E-state index in [0.717, 1.165) is 89.8 Å². The van der Waals surface area contributed by atoms with Crippen molar-refractivity contribution >= 4 is 121 Å². The molecule has 0 aliphatic rings. The van der Waals surface area contributed by atoms with Crippen LogP contribution in [0, 0.1) is 0 Å². The first-order chi connectivity index (χ1) is 42.6. The Morgan fingerprint density at radius 1 is 0.209 bits per heavy atom. The van der Waals surface area contributed by atoms with Gasteiger partial charge in [-0.3, -0.25) is 4.98 Å². The molecule has 3 aromatic heterocycles. The van der Waals surface area contributed by atoms with Crippen molar-refractivity contribution in [2.24, 2.45) is 0 Å². The number of benzene rings is 14. The minimum Gasteiger partial charge on any atom is -0.310 e. The number of nitrogens with zero attached hydrogens (tertiary/aromatic N) is 5. The highest BCUT2D eigenvalue weighted by atomic mass is 15.2. The summed E-state index contributed by atoms with van der Waals surface area (Å²) < 4.78 is 4.86. The number of aromatic nitrogens is 3. The summed E-state index contributed by atoms with van der Waals surface area (Å²) in [5.74, 6) is 0. The first-order valence-electron chi connectivity index (χ1n) is 29.4. The molecule has 0 saturated heterocycles. The summed E-state index contributed by atoms with van der Waals surface area (Å²) in [5, 5.41) is 14.3.